The molecule has 0 spiro atoms. The molecule has 2 heterocycles. The molecule has 1 atom stereocenters. The van der Waals surface area contributed by atoms with Gasteiger partial charge in [-0.05, 0) is 26.2 Å². The first-order valence-electron chi connectivity index (χ1n) is 6.92. The summed E-state index contributed by atoms with van der Waals surface area (Å²) in [6, 6.07) is 0. The van der Waals surface area contributed by atoms with E-state index in [4.69, 9.17) is 9.47 Å². The monoisotopic (exact) mass is 284 g/mol. The SMILES string of the molecule is COCCNCC1(CCc2scnc2C)CCOC1. The standard InChI is InChI=1S/C14H24N2O2S/c1-12-13(19-11-16-12)3-4-14(5-7-18-10-14)9-15-6-8-17-2/h11,15H,3-10H2,1-2H3. The van der Waals surface area contributed by atoms with Crippen molar-refractivity contribution in [2.24, 2.45) is 5.41 Å². The summed E-state index contributed by atoms with van der Waals surface area (Å²) < 4.78 is 10.7. The molecule has 1 unspecified atom stereocenters. The molecule has 4 nitrogen and oxygen atoms in total. The molecule has 5 heteroatoms. The number of rotatable bonds is 8. The van der Waals surface area contributed by atoms with Crippen molar-refractivity contribution >= 4 is 11.3 Å². The van der Waals surface area contributed by atoms with Gasteiger partial charge in [0.15, 0.2) is 0 Å². The van der Waals surface area contributed by atoms with Crippen LogP contribution in [0.3, 0.4) is 0 Å². The van der Waals surface area contributed by atoms with Crippen LogP contribution in [-0.2, 0) is 15.9 Å². The summed E-state index contributed by atoms with van der Waals surface area (Å²) in [5, 5.41) is 3.50. The Morgan fingerprint density at radius 1 is 1.58 bits per heavy atom. The van der Waals surface area contributed by atoms with Crippen LogP contribution in [0.15, 0.2) is 5.51 Å². The summed E-state index contributed by atoms with van der Waals surface area (Å²) in [6.07, 6.45) is 3.45. The maximum atomic E-state index is 5.63. The molecule has 1 aliphatic rings. The fourth-order valence-corrected chi connectivity index (χ4v) is 3.33. The van der Waals surface area contributed by atoms with E-state index in [2.05, 4.69) is 17.2 Å². The molecule has 0 bridgehead atoms. The van der Waals surface area contributed by atoms with Gasteiger partial charge in [0.2, 0.25) is 0 Å². The Morgan fingerprint density at radius 3 is 3.11 bits per heavy atom. The molecule has 1 fully saturated rings. The summed E-state index contributed by atoms with van der Waals surface area (Å²) in [5.74, 6) is 0. The highest BCUT2D eigenvalue weighted by atomic mass is 32.1. The number of aryl methyl sites for hydroxylation is 2. The minimum atomic E-state index is 0.296. The first-order valence-corrected chi connectivity index (χ1v) is 7.80. The molecular weight excluding hydrogens is 260 g/mol. The van der Waals surface area contributed by atoms with Crippen molar-refractivity contribution < 1.29 is 9.47 Å². The zero-order valence-electron chi connectivity index (χ0n) is 11.9. The summed E-state index contributed by atoms with van der Waals surface area (Å²) in [5.41, 5.74) is 3.43. The van der Waals surface area contributed by atoms with E-state index in [-0.39, 0.29) is 0 Å². The van der Waals surface area contributed by atoms with Gasteiger partial charge in [0, 0.05) is 37.1 Å². The Balaban J connectivity index is 1.83. The molecule has 2 rings (SSSR count). The molecule has 0 aromatic carbocycles. The van der Waals surface area contributed by atoms with E-state index >= 15 is 0 Å². The predicted molar refractivity (Wildman–Crippen MR) is 77.8 cm³/mol. The van der Waals surface area contributed by atoms with Crippen molar-refractivity contribution in [2.45, 2.75) is 26.2 Å². The van der Waals surface area contributed by atoms with Crippen LogP contribution in [0.4, 0.5) is 0 Å². The van der Waals surface area contributed by atoms with Gasteiger partial charge in [0.1, 0.15) is 0 Å². The topological polar surface area (TPSA) is 43.4 Å². The van der Waals surface area contributed by atoms with Crippen molar-refractivity contribution in [1.82, 2.24) is 10.3 Å². The third-order valence-electron chi connectivity index (χ3n) is 3.90. The molecule has 1 aromatic rings. The number of methoxy groups -OCH3 is 1. The molecule has 0 amide bonds. The van der Waals surface area contributed by atoms with Gasteiger partial charge >= 0.3 is 0 Å². The minimum absolute atomic E-state index is 0.296. The summed E-state index contributed by atoms with van der Waals surface area (Å²) in [7, 11) is 1.74. The zero-order chi connectivity index (χ0) is 13.6. The van der Waals surface area contributed by atoms with Gasteiger partial charge < -0.3 is 14.8 Å². The second kappa shape index (κ2) is 7.33. The van der Waals surface area contributed by atoms with Gasteiger partial charge in [0.25, 0.3) is 0 Å². The first-order chi connectivity index (χ1) is 9.26. The molecule has 0 aliphatic carbocycles. The van der Waals surface area contributed by atoms with Crippen LogP contribution in [-0.4, -0.2) is 45.0 Å². The number of hydrogen-bond acceptors (Lipinski definition) is 5. The van der Waals surface area contributed by atoms with Crippen LogP contribution in [0.1, 0.15) is 23.4 Å². The number of ether oxygens (including phenoxy) is 2. The number of nitrogens with one attached hydrogen (secondary N) is 1. The summed E-state index contributed by atoms with van der Waals surface area (Å²) in [4.78, 5) is 5.75. The lowest BCUT2D eigenvalue weighted by atomic mass is 9.82. The molecule has 19 heavy (non-hydrogen) atoms. The average Bonchev–Trinajstić information content (AvgIpc) is 3.03. The third kappa shape index (κ3) is 4.24. The minimum Gasteiger partial charge on any atom is -0.383 e. The second-order valence-electron chi connectivity index (χ2n) is 5.33. The highest BCUT2D eigenvalue weighted by Gasteiger charge is 2.34. The Kier molecular flexibility index (Phi) is 5.76. The van der Waals surface area contributed by atoms with Crippen LogP contribution < -0.4 is 5.32 Å². The quantitative estimate of drug-likeness (QED) is 0.742. The fraction of sp³-hybridized carbons (Fsp3) is 0.786. The van der Waals surface area contributed by atoms with Crippen molar-refractivity contribution in [3.63, 3.8) is 0 Å². The van der Waals surface area contributed by atoms with E-state index < -0.39 is 0 Å². The van der Waals surface area contributed by atoms with Crippen LogP contribution in [0.2, 0.25) is 0 Å². The van der Waals surface area contributed by atoms with Gasteiger partial charge in [-0.2, -0.15) is 0 Å². The second-order valence-corrected chi connectivity index (χ2v) is 6.27. The van der Waals surface area contributed by atoms with Crippen LogP contribution in [0.5, 0.6) is 0 Å². The maximum absolute atomic E-state index is 5.63. The first kappa shape index (κ1) is 14.9. The molecule has 108 valence electrons. The zero-order valence-corrected chi connectivity index (χ0v) is 12.7. The number of aromatic nitrogens is 1. The van der Waals surface area contributed by atoms with Crippen LogP contribution >= 0.6 is 11.3 Å². The Morgan fingerprint density at radius 2 is 2.47 bits per heavy atom. The Labute approximate surface area is 119 Å². The van der Waals surface area contributed by atoms with Crippen molar-refractivity contribution in [2.75, 3.05) is 40.0 Å². The van der Waals surface area contributed by atoms with Crippen molar-refractivity contribution in [3.05, 3.63) is 16.1 Å². The average molecular weight is 284 g/mol. The molecule has 0 radical (unpaired) electrons. The number of nitrogens with zero attached hydrogens (tertiary/aromatic N) is 1. The van der Waals surface area contributed by atoms with Gasteiger partial charge in [-0.25, -0.2) is 4.98 Å². The Hall–Kier alpha value is -0.490. The lowest BCUT2D eigenvalue weighted by molar-refractivity contribution is 0.140. The van der Waals surface area contributed by atoms with E-state index in [1.54, 1.807) is 18.4 Å². The Bertz CT molecular complexity index is 375. The van der Waals surface area contributed by atoms with Crippen molar-refractivity contribution in [1.29, 1.82) is 0 Å². The van der Waals surface area contributed by atoms with Crippen molar-refractivity contribution in [3.8, 4) is 0 Å². The van der Waals surface area contributed by atoms with E-state index in [0.717, 1.165) is 45.8 Å². The molecule has 1 saturated heterocycles. The maximum Gasteiger partial charge on any atom is 0.0797 e. The highest BCUT2D eigenvalue weighted by molar-refractivity contribution is 7.09. The molecule has 0 saturated carbocycles. The summed E-state index contributed by atoms with van der Waals surface area (Å²) in [6.45, 7) is 6.58. The number of thiazole rings is 1. The smallest absolute Gasteiger partial charge is 0.0797 e. The lowest BCUT2D eigenvalue weighted by Gasteiger charge is -2.27. The van der Waals surface area contributed by atoms with E-state index in [9.17, 15) is 0 Å². The molecule has 1 aromatic heterocycles. The molecule has 1 N–H and O–H groups in total. The molecular formula is C14H24N2O2S. The summed E-state index contributed by atoms with van der Waals surface area (Å²) >= 11 is 1.77. The van der Waals surface area contributed by atoms with Crippen LogP contribution in [0.25, 0.3) is 0 Å². The highest BCUT2D eigenvalue weighted by Crippen LogP contribution is 2.34. The van der Waals surface area contributed by atoms with E-state index in [1.807, 2.05) is 5.51 Å². The van der Waals surface area contributed by atoms with E-state index in [0.29, 0.717) is 5.41 Å². The normalized spacial score (nSPS) is 23.1. The lowest BCUT2D eigenvalue weighted by Crippen LogP contribution is -2.36. The fourth-order valence-electron chi connectivity index (χ4n) is 2.55. The van der Waals surface area contributed by atoms with E-state index in [1.165, 1.54) is 17.0 Å². The van der Waals surface area contributed by atoms with Gasteiger partial charge in [-0.15, -0.1) is 11.3 Å². The number of hydrogen-bond donors (Lipinski definition) is 1. The largest absolute Gasteiger partial charge is 0.383 e. The van der Waals surface area contributed by atoms with Gasteiger partial charge in [0.05, 0.1) is 24.4 Å². The van der Waals surface area contributed by atoms with Gasteiger partial charge in [-0.1, -0.05) is 0 Å². The predicted octanol–water partition coefficient (Wildman–Crippen LogP) is 2.03. The van der Waals surface area contributed by atoms with Crippen LogP contribution in [0, 0.1) is 12.3 Å². The van der Waals surface area contributed by atoms with Gasteiger partial charge in [-0.3, -0.25) is 0 Å². The molecule has 1 aliphatic heterocycles. The third-order valence-corrected chi connectivity index (χ3v) is 4.89.